The molecule has 1 atom stereocenters. The summed E-state index contributed by atoms with van der Waals surface area (Å²) in [5, 5.41) is 5.45. The van der Waals surface area contributed by atoms with Crippen LogP contribution in [0.2, 0.25) is 0 Å². The van der Waals surface area contributed by atoms with Crippen molar-refractivity contribution in [3.8, 4) is 0 Å². The van der Waals surface area contributed by atoms with Crippen molar-refractivity contribution < 1.29 is 9.59 Å². The first-order valence-corrected chi connectivity index (χ1v) is 6.53. The Morgan fingerprint density at radius 1 is 1.26 bits per heavy atom. The summed E-state index contributed by atoms with van der Waals surface area (Å²) in [6, 6.07) is 8.87. The van der Waals surface area contributed by atoms with Gasteiger partial charge in [-0.3, -0.25) is 9.59 Å². The summed E-state index contributed by atoms with van der Waals surface area (Å²) < 4.78 is 0. The number of carbonyl (C=O) groups is 2. The average Bonchev–Trinajstić information content (AvgIpc) is 3.27. The van der Waals surface area contributed by atoms with Crippen LogP contribution in [-0.4, -0.2) is 30.9 Å². The summed E-state index contributed by atoms with van der Waals surface area (Å²) in [4.78, 5) is 23.4. The molecule has 5 heteroatoms. The molecule has 1 fully saturated rings. The van der Waals surface area contributed by atoms with Gasteiger partial charge in [-0.05, 0) is 30.9 Å². The zero-order valence-electron chi connectivity index (χ0n) is 10.8. The lowest BCUT2D eigenvalue weighted by molar-refractivity contribution is -0.120. The van der Waals surface area contributed by atoms with Crippen molar-refractivity contribution in [2.24, 2.45) is 11.7 Å². The fraction of sp³-hybridized carbons (Fsp3) is 0.429. The summed E-state index contributed by atoms with van der Waals surface area (Å²) >= 11 is 0. The van der Waals surface area contributed by atoms with E-state index in [2.05, 4.69) is 10.6 Å². The van der Waals surface area contributed by atoms with E-state index < -0.39 is 0 Å². The highest BCUT2D eigenvalue weighted by molar-refractivity contribution is 5.96. The molecule has 0 spiro atoms. The van der Waals surface area contributed by atoms with Gasteiger partial charge in [-0.25, -0.2) is 0 Å². The van der Waals surface area contributed by atoms with Gasteiger partial charge in [-0.15, -0.1) is 0 Å². The largest absolute Gasteiger partial charge is 0.350 e. The minimum absolute atomic E-state index is 0.0169. The molecule has 19 heavy (non-hydrogen) atoms. The molecule has 0 saturated heterocycles. The summed E-state index contributed by atoms with van der Waals surface area (Å²) in [5.41, 5.74) is 6.16. The Morgan fingerprint density at radius 2 is 1.95 bits per heavy atom. The lowest BCUT2D eigenvalue weighted by atomic mass is 10.2. The van der Waals surface area contributed by atoms with Crippen LogP contribution in [0.4, 0.5) is 0 Å². The molecule has 0 bridgehead atoms. The maximum absolute atomic E-state index is 11.7. The van der Waals surface area contributed by atoms with Crippen LogP contribution >= 0.6 is 0 Å². The molecule has 1 aliphatic rings. The van der Waals surface area contributed by atoms with Crippen molar-refractivity contribution in [1.82, 2.24) is 10.6 Å². The van der Waals surface area contributed by atoms with Crippen LogP contribution < -0.4 is 16.4 Å². The zero-order valence-corrected chi connectivity index (χ0v) is 10.8. The first-order chi connectivity index (χ1) is 9.20. The third kappa shape index (κ3) is 4.06. The third-order valence-electron chi connectivity index (χ3n) is 3.24. The first kappa shape index (κ1) is 13.5. The second-order valence-electron chi connectivity index (χ2n) is 4.80. The van der Waals surface area contributed by atoms with Crippen LogP contribution in [0.3, 0.4) is 0 Å². The van der Waals surface area contributed by atoms with E-state index in [1.807, 2.05) is 6.07 Å². The fourth-order valence-corrected chi connectivity index (χ4v) is 1.98. The quantitative estimate of drug-likeness (QED) is 0.687. The van der Waals surface area contributed by atoms with Gasteiger partial charge < -0.3 is 16.4 Å². The van der Waals surface area contributed by atoms with Crippen LogP contribution in [0.15, 0.2) is 30.3 Å². The SMILES string of the molecule is NCC(NC(=O)CNC(=O)c1ccccc1)C1CC1. The summed E-state index contributed by atoms with van der Waals surface area (Å²) in [5.74, 6) is 0.0804. The van der Waals surface area contributed by atoms with Crippen molar-refractivity contribution in [2.45, 2.75) is 18.9 Å². The predicted octanol–water partition coefficient (Wildman–Crippen LogP) is 0.270. The lowest BCUT2D eigenvalue weighted by Crippen LogP contribution is -2.46. The lowest BCUT2D eigenvalue weighted by Gasteiger charge is -2.16. The summed E-state index contributed by atoms with van der Waals surface area (Å²) in [6.07, 6.45) is 2.25. The molecule has 4 N–H and O–H groups in total. The minimum atomic E-state index is -0.244. The molecule has 0 aliphatic heterocycles. The molecule has 1 aromatic carbocycles. The Bertz CT molecular complexity index is 443. The van der Waals surface area contributed by atoms with Crippen molar-refractivity contribution in [2.75, 3.05) is 13.1 Å². The molecular weight excluding hydrogens is 242 g/mol. The molecule has 0 aromatic heterocycles. The molecule has 0 radical (unpaired) electrons. The predicted molar refractivity (Wildman–Crippen MR) is 72.5 cm³/mol. The van der Waals surface area contributed by atoms with Gasteiger partial charge in [-0.2, -0.15) is 0 Å². The van der Waals surface area contributed by atoms with Gasteiger partial charge in [0, 0.05) is 18.2 Å². The molecular formula is C14H19N3O2. The normalized spacial score (nSPS) is 15.6. The zero-order chi connectivity index (χ0) is 13.7. The minimum Gasteiger partial charge on any atom is -0.350 e. The van der Waals surface area contributed by atoms with Crippen LogP contribution in [0.1, 0.15) is 23.2 Å². The molecule has 1 aromatic rings. The van der Waals surface area contributed by atoms with Gasteiger partial charge in [0.15, 0.2) is 0 Å². The number of rotatable bonds is 6. The third-order valence-corrected chi connectivity index (χ3v) is 3.24. The fourth-order valence-electron chi connectivity index (χ4n) is 1.98. The summed E-state index contributed by atoms with van der Waals surface area (Å²) in [7, 11) is 0. The van der Waals surface area contributed by atoms with Gasteiger partial charge in [0.05, 0.1) is 6.54 Å². The van der Waals surface area contributed by atoms with Crippen LogP contribution in [0.25, 0.3) is 0 Å². The Morgan fingerprint density at radius 3 is 2.53 bits per heavy atom. The molecule has 5 nitrogen and oxygen atoms in total. The molecule has 0 heterocycles. The number of hydrogen-bond acceptors (Lipinski definition) is 3. The first-order valence-electron chi connectivity index (χ1n) is 6.53. The van der Waals surface area contributed by atoms with Crippen molar-refractivity contribution in [1.29, 1.82) is 0 Å². The van der Waals surface area contributed by atoms with Crippen LogP contribution in [0, 0.1) is 5.92 Å². The Hall–Kier alpha value is -1.88. The van der Waals surface area contributed by atoms with E-state index in [0.717, 1.165) is 12.8 Å². The van der Waals surface area contributed by atoms with Crippen LogP contribution in [-0.2, 0) is 4.79 Å². The molecule has 1 aliphatic carbocycles. The van der Waals surface area contributed by atoms with Crippen molar-refractivity contribution in [3.05, 3.63) is 35.9 Å². The molecule has 2 amide bonds. The van der Waals surface area contributed by atoms with E-state index in [1.54, 1.807) is 24.3 Å². The molecule has 102 valence electrons. The Balaban J connectivity index is 1.75. The van der Waals surface area contributed by atoms with E-state index in [0.29, 0.717) is 18.0 Å². The van der Waals surface area contributed by atoms with E-state index in [1.165, 1.54) is 0 Å². The molecule has 1 unspecified atom stereocenters. The van der Waals surface area contributed by atoms with Gasteiger partial charge in [0.1, 0.15) is 0 Å². The Kier molecular flexibility index (Phi) is 4.52. The van der Waals surface area contributed by atoms with Crippen molar-refractivity contribution in [3.63, 3.8) is 0 Å². The highest BCUT2D eigenvalue weighted by Gasteiger charge is 2.31. The van der Waals surface area contributed by atoms with E-state index in [-0.39, 0.29) is 24.4 Å². The van der Waals surface area contributed by atoms with Crippen LogP contribution in [0.5, 0.6) is 0 Å². The monoisotopic (exact) mass is 261 g/mol. The highest BCUT2D eigenvalue weighted by Crippen LogP contribution is 2.32. The molecule has 2 rings (SSSR count). The number of nitrogens with two attached hydrogens (primary N) is 1. The van der Waals surface area contributed by atoms with E-state index in [4.69, 9.17) is 5.73 Å². The second kappa shape index (κ2) is 6.33. The maximum atomic E-state index is 11.7. The molecule has 1 saturated carbocycles. The van der Waals surface area contributed by atoms with E-state index >= 15 is 0 Å². The van der Waals surface area contributed by atoms with Gasteiger partial charge in [-0.1, -0.05) is 18.2 Å². The number of benzene rings is 1. The number of hydrogen-bond donors (Lipinski definition) is 3. The maximum Gasteiger partial charge on any atom is 0.251 e. The van der Waals surface area contributed by atoms with Gasteiger partial charge in [0.25, 0.3) is 5.91 Å². The number of nitrogens with one attached hydrogen (secondary N) is 2. The standard InChI is InChI=1S/C14H19N3O2/c15-8-12(10-6-7-10)17-13(18)9-16-14(19)11-4-2-1-3-5-11/h1-5,10,12H,6-9,15H2,(H,16,19)(H,17,18). The van der Waals surface area contributed by atoms with Crippen molar-refractivity contribution >= 4 is 11.8 Å². The summed E-state index contributed by atoms with van der Waals surface area (Å²) in [6.45, 7) is 0.431. The second-order valence-corrected chi connectivity index (χ2v) is 4.80. The Labute approximate surface area is 112 Å². The number of amides is 2. The van der Waals surface area contributed by atoms with E-state index in [9.17, 15) is 9.59 Å². The van der Waals surface area contributed by atoms with Gasteiger partial charge >= 0.3 is 0 Å². The van der Waals surface area contributed by atoms with Gasteiger partial charge in [0.2, 0.25) is 5.91 Å². The highest BCUT2D eigenvalue weighted by atomic mass is 16.2. The smallest absolute Gasteiger partial charge is 0.251 e. The average molecular weight is 261 g/mol. The topological polar surface area (TPSA) is 84.2 Å². The number of carbonyl (C=O) groups excluding carboxylic acids is 2.